The molecule has 2 heterocycles. The van der Waals surface area contributed by atoms with Crippen molar-refractivity contribution >= 4 is 29.1 Å². The molecule has 0 radical (unpaired) electrons. The number of nitrogens with one attached hydrogen (secondary N) is 1. The van der Waals surface area contributed by atoms with E-state index < -0.39 is 0 Å². The summed E-state index contributed by atoms with van der Waals surface area (Å²) in [6, 6.07) is 17.1. The van der Waals surface area contributed by atoms with Crippen LogP contribution >= 0.6 is 23.2 Å². The summed E-state index contributed by atoms with van der Waals surface area (Å²) in [5.74, 6) is -0.276. The second-order valence-electron chi connectivity index (χ2n) is 7.23. The molecule has 0 bridgehead atoms. The van der Waals surface area contributed by atoms with Crippen LogP contribution in [0.2, 0.25) is 10.2 Å². The zero-order chi connectivity index (χ0) is 21.8. The minimum atomic E-state index is -0.276. The van der Waals surface area contributed by atoms with Gasteiger partial charge in [-0.05, 0) is 31.0 Å². The molecule has 0 aliphatic carbocycles. The Morgan fingerprint density at radius 1 is 1.10 bits per heavy atom. The summed E-state index contributed by atoms with van der Waals surface area (Å²) in [4.78, 5) is 17.3. The van der Waals surface area contributed by atoms with Crippen molar-refractivity contribution in [1.29, 1.82) is 0 Å². The molecule has 1 atom stereocenters. The third-order valence-electron chi connectivity index (χ3n) is 4.96. The van der Waals surface area contributed by atoms with Gasteiger partial charge in [0, 0.05) is 18.9 Å². The number of aryl methyl sites for hydroxylation is 1. The summed E-state index contributed by atoms with van der Waals surface area (Å²) in [6.07, 6.45) is 5.99. The maximum Gasteiger partial charge on any atom is 0.256 e. The quantitative estimate of drug-likeness (QED) is 0.439. The standard InChI is InChI=1S/C23H21Cl2N5O/c1-16-21(22(25)30(28-16)20-10-6-5-9-19(20)24)23(31)27-18(14-29-12-11-26-15-29)13-17-7-3-2-4-8-17/h2-12,15,18H,13-14H2,1H3,(H,27,31)/t18-/m0/s1. The predicted octanol–water partition coefficient (Wildman–Crippen LogP) is 4.73. The number of aromatic nitrogens is 4. The number of rotatable bonds is 7. The molecule has 0 unspecified atom stereocenters. The highest BCUT2D eigenvalue weighted by atomic mass is 35.5. The SMILES string of the molecule is Cc1nn(-c2ccccc2Cl)c(Cl)c1C(=O)N[C@@H](Cc1ccccc1)Cn1ccnc1. The van der Waals surface area contributed by atoms with E-state index in [4.69, 9.17) is 23.2 Å². The van der Waals surface area contributed by atoms with Crippen LogP contribution in [0, 0.1) is 6.92 Å². The van der Waals surface area contributed by atoms with Crippen LogP contribution in [0.15, 0.2) is 73.3 Å². The number of hydrogen-bond donors (Lipinski definition) is 1. The molecular weight excluding hydrogens is 433 g/mol. The third-order valence-corrected chi connectivity index (χ3v) is 5.63. The van der Waals surface area contributed by atoms with Crippen LogP contribution in [0.3, 0.4) is 0 Å². The maximum absolute atomic E-state index is 13.2. The van der Waals surface area contributed by atoms with Gasteiger partial charge in [-0.2, -0.15) is 5.10 Å². The molecule has 6 nitrogen and oxygen atoms in total. The van der Waals surface area contributed by atoms with Gasteiger partial charge >= 0.3 is 0 Å². The summed E-state index contributed by atoms with van der Waals surface area (Å²) in [5, 5.41) is 8.30. The first-order chi connectivity index (χ1) is 15.0. The number of para-hydroxylation sites is 1. The van der Waals surface area contributed by atoms with Crippen molar-refractivity contribution < 1.29 is 4.79 Å². The molecule has 2 aromatic heterocycles. The molecule has 0 spiro atoms. The van der Waals surface area contributed by atoms with Crippen LogP contribution in [0.25, 0.3) is 5.69 Å². The van der Waals surface area contributed by atoms with Gasteiger partial charge in [0.15, 0.2) is 0 Å². The van der Waals surface area contributed by atoms with Gasteiger partial charge in [0.05, 0.1) is 34.3 Å². The van der Waals surface area contributed by atoms with E-state index in [9.17, 15) is 4.79 Å². The average Bonchev–Trinajstić information content (AvgIpc) is 3.36. The summed E-state index contributed by atoms with van der Waals surface area (Å²) in [7, 11) is 0. The Bertz CT molecular complexity index is 1170. The molecule has 4 aromatic rings. The van der Waals surface area contributed by atoms with Crippen molar-refractivity contribution in [2.75, 3.05) is 0 Å². The molecular formula is C23H21Cl2N5O. The lowest BCUT2D eigenvalue weighted by Crippen LogP contribution is -2.39. The Kier molecular flexibility index (Phi) is 6.39. The van der Waals surface area contributed by atoms with Crippen LogP contribution in [0.1, 0.15) is 21.6 Å². The molecule has 4 rings (SSSR count). The summed E-state index contributed by atoms with van der Waals surface area (Å²) in [5.41, 5.74) is 2.62. The summed E-state index contributed by atoms with van der Waals surface area (Å²) < 4.78 is 3.44. The molecule has 1 amide bonds. The fourth-order valence-corrected chi connectivity index (χ4v) is 4.07. The first-order valence-electron chi connectivity index (χ1n) is 9.83. The van der Waals surface area contributed by atoms with Gasteiger partial charge in [-0.3, -0.25) is 4.79 Å². The lowest BCUT2D eigenvalue weighted by Gasteiger charge is -2.19. The van der Waals surface area contributed by atoms with E-state index in [0.29, 0.717) is 34.9 Å². The molecule has 158 valence electrons. The van der Waals surface area contributed by atoms with Crippen molar-refractivity contribution in [3.63, 3.8) is 0 Å². The number of benzene rings is 2. The van der Waals surface area contributed by atoms with E-state index in [1.807, 2.05) is 53.2 Å². The highest BCUT2D eigenvalue weighted by Gasteiger charge is 2.24. The van der Waals surface area contributed by atoms with Crippen LogP contribution < -0.4 is 5.32 Å². The zero-order valence-electron chi connectivity index (χ0n) is 16.9. The molecule has 0 aliphatic rings. The van der Waals surface area contributed by atoms with Crippen LogP contribution in [-0.4, -0.2) is 31.3 Å². The number of nitrogens with zero attached hydrogens (tertiary/aromatic N) is 4. The number of halogens is 2. The van der Waals surface area contributed by atoms with Crippen molar-refractivity contribution in [2.24, 2.45) is 0 Å². The Balaban J connectivity index is 1.60. The van der Waals surface area contributed by atoms with Gasteiger partial charge < -0.3 is 9.88 Å². The fraction of sp³-hybridized carbons (Fsp3) is 0.174. The van der Waals surface area contributed by atoms with Crippen LogP contribution in [-0.2, 0) is 13.0 Å². The summed E-state index contributed by atoms with van der Waals surface area (Å²) >= 11 is 12.9. The van der Waals surface area contributed by atoms with Gasteiger partial charge in [0.25, 0.3) is 5.91 Å². The van der Waals surface area contributed by atoms with E-state index in [1.165, 1.54) is 4.68 Å². The molecule has 1 N–H and O–H groups in total. The Morgan fingerprint density at radius 2 is 1.84 bits per heavy atom. The Morgan fingerprint density at radius 3 is 2.55 bits per heavy atom. The van der Waals surface area contributed by atoms with Crippen molar-refractivity contribution in [3.8, 4) is 5.69 Å². The van der Waals surface area contributed by atoms with Gasteiger partial charge in [-0.15, -0.1) is 0 Å². The zero-order valence-corrected chi connectivity index (χ0v) is 18.4. The first-order valence-corrected chi connectivity index (χ1v) is 10.6. The van der Waals surface area contributed by atoms with E-state index in [0.717, 1.165) is 5.56 Å². The predicted molar refractivity (Wildman–Crippen MR) is 122 cm³/mol. The highest BCUT2D eigenvalue weighted by molar-refractivity contribution is 6.34. The Labute approximate surface area is 190 Å². The smallest absolute Gasteiger partial charge is 0.256 e. The van der Waals surface area contributed by atoms with Gasteiger partial charge in [-0.25, -0.2) is 9.67 Å². The monoisotopic (exact) mass is 453 g/mol. The number of amides is 1. The number of imidazole rings is 1. The lowest BCUT2D eigenvalue weighted by atomic mass is 10.1. The average molecular weight is 454 g/mol. The minimum Gasteiger partial charge on any atom is -0.347 e. The van der Waals surface area contributed by atoms with E-state index >= 15 is 0 Å². The highest BCUT2D eigenvalue weighted by Crippen LogP contribution is 2.27. The molecule has 2 aromatic carbocycles. The Hall–Kier alpha value is -3.09. The molecule has 31 heavy (non-hydrogen) atoms. The van der Waals surface area contributed by atoms with Crippen molar-refractivity contribution in [2.45, 2.75) is 25.9 Å². The largest absolute Gasteiger partial charge is 0.347 e. The van der Waals surface area contributed by atoms with Crippen LogP contribution in [0.5, 0.6) is 0 Å². The number of carbonyl (C=O) groups excluding carboxylic acids is 1. The first kappa shape index (κ1) is 21.2. The fourth-order valence-electron chi connectivity index (χ4n) is 3.51. The normalized spacial score (nSPS) is 12.0. The topological polar surface area (TPSA) is 64.7 Å². The van der Waals surface area contributed by atoms with Gasteiger partial charge in [0.1, 0.15) is 5.15 Å². The molecule has 0 saturated heterocycles. The molecule has 0 saturated carbocycles. The van der Waals surface area contributed by atoms with E-state index in [-0.39, 0.29) is 17.1 Å². The number of hydrogen-bond acceptors (Lipinski definition) is 3. The van der Waals surface area contributed by atoms with Crippen molar-refractivity contribution in [3.05, 3.63) is 100 Å². The van der Waals surface area contributed by atoms with Gasteiger partial charge in [-0.1, -0.05) is 65.7 Å². The minimum absolute atomic E-state index is 0.164. The van der Waals surface area contributed by atoms with E-state index in [2.05, 4.69) is 15.4 Å². The maximum atomic E-state index is 13.2. The third kappa shape index (κ3) is 4.81. The van der Waals surface area contributed by atoms with Gasteiger partial charge in [0.2, 0.25) is 0 Å². The summed E-state index contributed by atoms with van der Waals surface area (Å²) in [6.45, 7) is 2.34. The van der Waals surface area contributed by atoms with E-state index in [1.54, 1.807) is 31.6 Å². The molecule has 0 aliphatic heterocycles. The second-order valence-corrected chi connectivity index (χ2v) is 8.00. The molecule has 0 fully saturated rings. The van der Waals surface area contributed by atoms with Crippen LogP contribution in [0.4, 0.5) is 0 Å². The lowest BCUT2D eigenvalue weighted by molar-refractivity contribution is 0.0932. The second kappa shape index (κ2) is 9.37. The van der Waals surface area contributed by atoms with Crippen molar-refractivity contribution in [1.82, 2.24) is 24.6 Å². The molecule has 8 heteroatoms. The number of carbonyl (C=O) groups is 1.